The van der Waals surface area contributed by atoms with Crippen molar-refractivity contribution in [1.29, 1.82) is 0 Å². The van der Waals surface area contributed by atoms with Crippen molar-refractivity contribution >= 4 is 17.9 Å². The van der Waals surface area contributed by atoms with E-state index in [9.17, 15) is 14.9 Å². The van der Waals surface area contributed by atoms with Crippen molar-refractivity contribution in [2.24, 2.45) is 5.10 Å². The fourth-order valence-corrected chi connectivity index (χ4v) is 2.86. The number of nitrogens with one attached hydrogen (secondary N) is 2. The molecule has 2 N–H and O–H groups in total. The van der Waals surface area contributed by atoms with Crippen LogP contribution < -0.4 is 20.5 Å². The van der Waals surface area contributed by atoms with E-state index >= 15 is 0 Å². The number of anilines is 1. The SMILES string of the molecule is CCCCCCOc1c(OC)cc(/C=N/Nc2nnc(C(C)(C)C)c(=O)[nH]2)cc1[N+](=O)[O-]. The number of H-pyrrole nitrogens is 1. The van der Waals surface area contributed by atoms with Crippen molar-refractivity contribution in [3.63, 3.8) is 0 Å². The van der Waals surface area contributed by atoms with E-state index in [1.165, 1.54) is 19.4 Å². The highest BCUT2D eigenvalue weighted by Crippen LogP contribution is 2.38. The van der Waals surface area contributed by atoms with E-state index in [2.05, 4.69) is 32.6 Å². The average Bonchev–Trinajstić information content (AvgIpc) is 2.72. The van der Waals surface area contributed by atoms with Gasteiger partial charge >= 0.3 is 5.69 Å². The van der Waals surface area contributed by atoms with Gasteiger partial charge in [-0.05, 0) is 12.5 Å². The van der Waals surface area contributed by atoms with Crippen molar-refractivity contribution in [2.75, 3.05) is 19.1 Å². The Morgan fingerprint density at radius 2 is 2.00 bits per heavy atom. The standard InChI is InChI=1S/C21H30N6O5/c1-6-7-8-9-10-32-17-15(27(29)30)11-14(12-16(17)31-5)13-22-25-20-23-19(28)18(24-26-20)21(2,3)4/h11-13H,6-10H2,1-5H3,(H2,23,25,26,28)/b22-13+. The fraction of sp³-hybridized carbons (Fsp3) is 0.524. The maximum absolute atomic E-state index is 12.1. The normalized spacial score (nSPS) is 11.5. The molecule has 0 spiro atoms. The lowest BCUT2D eigenvalue weighted by Crippen LogP contribution is -2.28. The molecular formula is C21H30N6O5. The number of benzene rings is 1. The molecule has 32 heavy (non-hydrogen) atoms. The van der Waals surface area contributed by atoms with Crippen molar-refractivity contribution < 1.29 is 14.4 Å². The molecule has 0 aliphatic heterocycles. The Hall–Kier alpha value is -3.50. The van der Waals surface area contributed by atoms with Gasteiger partial charge in [-0.15, -0.1) is 10.2 Å². The molecule has 0 amide bonds. The van der Waals surface area contributed by atoms with Crippen LogP contribution in [0.1, 0.15) is 64.6 Å². The summed E-state index contributed by atoms with van der Waals surface area (Å²) in [5.41, 5.74) is 2.24. The summed E-state index contributed by atoms with van der Waals surface area (Å²) in [5.74, 6) is 0.374. The highest BCUT2D eigenvalue weighted by Gasteiger charge is 2.22. The molecule has 1 aromatic carbocycles. The molecule has 1 aromatic heterocycles. The number of methoxy groups -OCH3 is 1. The third kappa shape index (κ3) is 6.76. The molecule has 0 fully saturated rings. The summed E-state index contributed by atoms with van der Waals surface area (Å²) >= 11 is 0. The van der Waals surface area contributed by atoms with E-state index < -0.39 is 10.3 Å². The number of nitro groups is 1. The molecule has 0 aliphatic carbocycles. The molecule has 0 radical (unpaired) electrons. The third-order valence-electron chi connectivity index (χ3n) is 4.51. The van der Waals surface area contributed by atoms with E-state index in [-0.39, 0.29) is 28.7 Å². The number of unbranched alkanes of at least 4 members (excludes halogenated alkanes) is 3. The Bertz CT molecular complexity index is 1010. The molecule has 0 atom stereocenters. The van der Waals surface area contributed by atoms with Gasteiger partial charge in [0, 0.05) is 17.0 Å². The first-order valence-electron chi connectivity index (χ1n) is 10.4. The van der Waals surface area contributed by atoms with Gasteiger partial charge in [-0.2, -0.15) is 5.10 Å². The first-order valence-corrected chi connectivity index (χ1v) is 10.4. The minimum atomic E-state index is -0.525. The van der Waals surface area contributed by atoms with Crippen LogP contribution in [0.5, 0.6) is 11.5 Å². The Morgan fingerprint density at radius 1 is 1.25 bits per heavy atom. The van der Waals surface area contributed by atoms with Gasteiger partial charge in [0.05, 0.1) is 24.9 Å². The summed E-state index contributed by atoms with van der Waals surface area (Å²) < 4.78 is 11.0. The van der Waals surface area contributed by atoms with Crippen LogP contribution in [0.2, 0.25) is 0 Å². The van der Waals surface area contributed by atoms with E-state index in [1.807, 2.05) is 20.8 Å². The summed E-state index contributed by atoms with van der Waals surface area (Å²) in [4.78, 5) is 25.8. The van der Waals surface area contributed by atoms with Crippen LogP contribution in [0.3, 0.4) is 0 Å². The number of aromatic amines is 1. The largest absolute Gasteiger partial charge is 0.493 e. The van der Waals surface area contributed by atoms with Gasteiger partial charge in [-0.3, -0.25) is 19.9 Å². The predicted octanol–water partition coefficient (Wildman–Crippen LogP) is 3.78. The van der Waals surface area contributed by atoms with E-state index in [4.69, 9.17) is 9.47 Å². The van der Waals surface area contributed by atoms with Crippen LogP contribution in [0.15, 0.2) is 22.0 Å². The second-order valence-corrected chi connectivity index (χ2v) is 8.21. The van der Waals surface area contributed by atoms with Gasteiger partial charge in [0.15, 0.2) is 5.75 Å². The molecule has 11 heteroatoms. The molecular weight excluding hydrogens is 416 g/mol. The molecule has 11 nitrogen and oxygen atoms in total. The molecule has 0 aliphatic rings. The molecule has 2 rings (SSSR count). The number of rotatable bonds is 11. The molecule has 0 saturated carbocycles. The van der Waals surface area contributed by atoms with Gasteiger partial charge in [0.25, 0.3) is 5.56 Å². The first kappa shape index (κ1) is 24.8. The second-order valence-electron chi connectivity index (χ2n) is 8.21. The number of nitrogens with zero attached hydrogens (tertiary/aromatic N) is 4. The zero-order valence-corrected chi connectivity index (χ0v) is 19.1. The summed E-state index contributed by atoms with van der Waals surface area (Å²) in [5, 5.41) is 23.4. The summed E-state index contributed by atoms with van der Waals surface area (Å²) in [7, 11) is 1.42. The maximum atomic E-state index is 12.1. The molecule has 1 heterocycles. The Kier molecular flexibility index (Phi) is 8.68. The zero-order chi connectivity index (χ0) is 23.7. The smallest absolute Gasteiger partial charge is 0.315 e. The lowest BCUT2D eigenvalue weighted by Gasteiger charge is -2.15. The Balaban J connectivity index is 2.18. The van der Waals surface area contributed by atoms with Crippen LogP contribution in [0.4, 0.5) is 11.6 Å². The van der Waals surface area contributed by atoms with Crippen molar-refractivity contribution in [2.45, 2.75) is 58.8 Å². The number of ether oxygens (including phenoxy) is 2. The fourth-order valence-electron chi connectivity index (χ4n) is 2.86. The van der Waals surface area contributed by atoms with Gasteiger partial charge in [-0.25, -0.2) is 5.43 Å². The minimum absolute atomic E-state index is 0.0488. The average molecular weight is 447 g/mol. The van der Waals surface area contributed by atoms with Crippen LogP contribution in [0, 0.1) is 10.1 Å². The predicted molar refractivity (Wildman–Crippen MR) is 122 cm³/mol. The number of nitro benzene ring substituents is 1. The molecule has 0 unspecified atom stereocenters. The lowest BCUT2D eigenvalue weighted by atomic mass is 9.93. The quantitative estimate of drug-likeness (QED) is 0.229. The second kappa shape index (κ2) is 11.2. The number of hydrogen-bond donors (Lipinski definition) is 2. The summed E-state index contributed by atoms with van der Waals surface area (Å²) in [6, 6.07) is 2.92. The van der Waals surface area contributed by atoms with E-state index in [1.54, 1.807) is 6.07 Å². The molecule has 0 bridgehead atoms. The molecule has 174 valence electrons. The Morgan fingerprint density at radius 3 is 2.59 bits per heavy atom. The van der Waals surface area contributed by atoms with Crippen LogP contribution in [-0.2, 0) is 5.41 Å². The van der Waals surface area contributed by atoms with Gasteiger partial charge in [-0.1, -0.05) is 47.0 Å². The Labute approximate surface area is 186 Å². The van der Waals surface area contributed by atoms with Gasteiger partial charge < -0.3 is 9.47 Å². The summed E-state index contributed by atoms with van der Waals surface area (Å²) in [6.45, 7) is 8.04. The van der Waals surface area contributed by atoms with Gasteiger partial charge in [0.2, 0.25) is 11.7 Å². The third-order valence-corrected chi connectivity index (χ3v) is 4.51. The molecule has 2 aromatic rings. The maximum Gasteiger partial charge on any atom is 0.315 e. The topological polar surface area (TPSA) is 145 Å². The van der Waals surface area contributed by atoms with Crippen molar-refractivity contribution in [3.8, 4) is 11.5 Å². The van der Waals surface area contributed by atoms with Crippen LogP contribution in [0.25, 0.3) is 0 Å². The van der Waals surface area contributed by atoms with E-state index in [0.717, 1.165) is 25.7 Å². The zero-order valence-electron chi connectivity index (χ0n) is 19.1. The highest BCUT2D eigenvalue weighted by molar-refractivity contribution is 5.83. The number of hydrazone groups is 1. The number of aromatic nitrogens is 3. The van der Waals surface area contributed by atoms with Crippen LogP contribution in [-0.4, -0.2) is 40.0 Å². The monoisotopic (exact) mass is 446 g/mol. The first-order chi connectivity index (χ1) is 15.2. The highest BCUT2D eigenvalue weighted by atomic mass is 16.6. The van der Waals surface area contributed by atoms with E-state index in [0.29, 0.717) is 17.9 Å². The summed E-state index contributed by atoms with van der Waals surface area (Å²) in [6.07, 6.45) is 5.31. The molecule has 0 saturated heterocycles. The minimum Gasteiger partial charge on any atom is -0.493 e. The van der Waals surface area contributed by atoms with Gasteiger partial charge in [0.1, 0.15) is 5.69 Å². The lowest BCUT2D eigenvalue weighted by molar-refractivity contribution is -0.386. The van der Waals surface area contributed by atoms with Crippen molar-refractivity contribution in [3.05, 3.63) is 43.9 Å². The van der Waals surface area contributed by atoms with Crippen molar-refractivity contribution in [1.82, 2.24) is 15.2 Å². The van der Waals surface area contributed by atoms with Crippen LogP contribution >= 0.6 is 0 Å². The number of hydrogen-bond acceptors (Lipinski definition) is 9.